The number of hydrogen-bond acceptors (Lipinski definition) is 2. The van der Waals surface area contributed by atoms with Crippen LogP contribution in [0.1, 0.15) is 0 Å². The molecule has 1 N–H and O–H groups in total. The van der Waals surface area contributed by atoms with Crippen LogP contribution >= 0.6 is 11.6 Å². The summed E-state index contributed by atoms with van der Waals surface area (Å²) in [5, 5.41) is 7.64. The maximum Gasteiger partial charge on any atom is 0.181 e. The van der Waals surface area contributed by atoms with E-state index in [1.807, 2.05) is 12.1 Å². The number of rotatable bonds is 2. The minimum Gasteiger partial charge on any atom is -0.259 e. The van der Waals surface area contributed by atoms with E-state index in [9.17, 15) is 4.39 Å². The van der Waals surface area contributed by atoms with Gasteiger partial charge in [-0.05, 0) is 48.5 Å². The summed E-state index contributed by atoms with van der Waals surface area (Å²) in [7, 11) is 0. The molecule has 0 radical (unpaired) electrons. The number of aromatic amines is 1. The van der Waals surface area contributed by atoms with Crippen LogP contribution in [-0.2, 0) is 0 Å². The summed E-state index contributed by atoms with van der Waals surface area (Å²) in [6, 6.07) is 13.3. The first kappa shape index (κ1) is 11.9. The Hall–Kier alpha value is -2.20. The van der Waals surface area contributed by atoms with Crippen molar-refractivity contribution in [2.45, 2.75) is 0 Å². The quantitative estimate of drug-likeness (QED) is 0.768. The zero-order valence-corrected chi connectivity index (χ0v) is 10.5. The van der Waals surface area contributed by atoms with E-state index >= 15 is 0 Å². The predicted octanol–water partition coefficient (Wildman–Crippen LogP) is 3.93. The third-order valence-corrected chi connectivity index (χ3v) is 2.96. The van der Waals surface area contributed by atoms with Gasteiger partial charge in [-0.15, -0.1) is 0 Å². The first-order valence-corrected chi connectivity index (χ1v) is 6.04. The van der Waals surface area contributed by atoms with Gasteiger partial charge in [0, 0.05) is 16.1 Å². The largest absolute Gasteiger partial charge is 0.259 e. The Kier molecular flexibility index (Phi) is 3.01. The standard InChI is InChI=1S/C14H9ClFN3/c15-11-5-1-9(2-6-11)13-17-14(19-18-13)10-3-7-12(16)8-4-10/h1-8H,(H,17,18,19). The number of benzene rings is 2. The first-order chi connectivity index (χ1) is 9.22. The summed E-state index contributed by atoms with van der Waals surface area (Å²) in [6.45, 7) is 0. The second kappa shape index (κ2) is 4.82. The average molecular weight is 274 g/mol. The predicted molar refractivity (Wildman–Crippen MR) is 72.2 cm³/mol. The van der Waals surface area contributed by atoms with E-state index in [0.717, 1.165) is 11.1 Å². The third kappa shape index (κ3) is 2.48. The Morgan fingerprint density at radius 2 is 1.53 bits per heavy atom. The molecule has 0 amide bonds. The minimum atomic E-state index is -0.277. The van der Waals surface area contributed by atoms with Crippen molar-refractivity contribution in [2.75, 3.05) is 0 Å². The lowest BCUT2D eigenvalue weighted by atomic mass is 10.2. The van der Waals surface area contributed by atoms with Crippen molar-refractivity contribution >= 4 is 11.6 Å². The van der Waals surface area contributed by atoms with Crippen molar-refractivity contribution < 1.29 is 4.39 Å². The van der Waals surface area contributed by atoms with Gasteiger partial charge in [-0.25, -0.2) is 9.37 Å². The Morgan fingerprint density at radius 3 is 2.21 bits per heavy atom. The van der Waals surface area contributed by atoms with E-state index < -0.39 is 0 Å². The van der Waals surface area contributed by atoms with Gasteiger partial charge in [0.1, 0.15) is 5.82 Å². The monoisotopic (exact) mass is 273 g/mol. The van der Waals surface area contributed by atoms with Crippen LogP contribution in [0, 0.1) is 5.82 Å². The molecule has 0 aliphatic rings. The van der Waals surface area contributed by atoms with Crippen molar-refractivity contribution in [3.05, 3.63) is 59.4 Å². The first-order valence-electron chi connectivity index (χ1n) is 5.67. The fourth-order valence-electron chi connectivity index (χ4n) is 1.73. The topological polar surface area (TPSA) is 41.6 Å². The van der Waals surface area contributed by atoms with Crippen LogP contribution in [0.5, 0.6) is 0 Å². The summed E-state index contributed by atoms with van der Waals surface area (Å²) < 4.78 is 12.9. The van der Waals surface area contributed by atoms with E-state index in [1.165, 1.54) is 12.1 Å². The van der Waals surface area contributed by atoms with Crippen LogP contribution < -0.4 is 0 Å². The van der Waals surface area contributed by atoms with Gasteiger partial charge in [-0.2, -0.15) is 5.10 Å². The molecule has 2 aromatic carbocycles. The van der Waals surface area contributed by atoms with E-state index in [1.54, 1.807) is 24.3 Å². The maximum absolute atomic E-state index is 12.9. The van der Waals surface area contributed by atoms with Crippen LogP contribution in [0.4, 0.5) is 4.39 Å². The molecule has 3 aromatic rings. The summed E-state index contributed by atoms with van der Waals surface area (Å²) in [5.74, 6) is 0.905. The molecule has 0 saturated heterocycles. The second-order valence-corrected chi connectivity index (χ2v) is 4.46. The highest BCUT2D eigenvalue weighted by atomic mass is 35.5. The Morgan fingerprint density at radius 1 is 0.895 bits per heavy atom. The average Bonchev–Trinajstić information content (AvgIpc) is 2.90. The zero-order valence-electron chi connectivity index (χ0n) is 9.77. The third-order valence-electron chi connectivity index (χ3n) is 2.71. The van der Waals surface area contributed by atoms with E-state index in [2.05, 4.69) is 15.2 Å². The molecule has 3 rings (SSSR count). The van der Waals surface area contributed by atoms with Crippen molar-refractivity contribution in [1.29, 1.82) is 0 Å². The number of halogens is 2. The highest BCUT2D eigenvalue weighted by Gasteiger charge is 2.07. The molecule has 0 fully saturated rings. The van der Waals surface area contributed by atoms with Crippen LogP contribution in [0.3, 0.4) is 0 Å². The summed E-state index contributed by atoms with van der Waals surface area (Å²) >= 11 is 5.83. The number of aromatic nitrogens is 3. The van der Waals surface area contributed by atoms with Crippen LogP contribution in [0.2, 0.25) is 5.02 Å². The van der Waals surface area contributed by atoms with Gasteiger partial charge in [0.25, 0.3) is 0 Å². The summed E-state index contributed by atoms with van der Waals surface area (Å²) in [6.07, 6.45) is 0. The molecule has 1 aromatic heterocycles. The van der Waals surface area contributed by atoms with E-state index in [4.69, 9.17) is 11.6 Å². The fourth-order valence-corrected chi connectivity index (χ4v) is 1.85. The maximum atomic E-state index is 12.9. The second-order valence-electron chi connectivity index (χ2n) is 4.02. The number of hydrogen-bond donors (Lipinski definition) is 1. The highest BCUT2D eigenvalue weighted by molar-refractivity contribution is 6.30. The van der Waals surface area contributed by atoms with Crippen LogP contribution in [0.25, 0.3) is 22.8 Å². The molecule has 0 saturated carbocycles. The van der Waals surface area contributed by atoms with Crippen molar-refractivity contribution in [1.82, 2.24) is 15.2 Å². The van der Waals surface area contributed by atoms with Gasteiger partial charge in [-0.3, -0.25) is 5.10 Å². The Bertz CT molecular complexity index is 629. The lowest BCUT2D eigenvalue weighted by molar-refractivity contribution is 0.628. The summed E-state index contributed by atoms with van der Waals surface area (Å²) in [5.41, 5.74) is 1.66. The molecule has 3 nitrogen and oxygen atoms in total. The highest BCUT2D eigenvalue weighted by Crippen LogP contribution is 2.21. The smallest absolute Gasteiger partial charge is 0.181 e. The van der Waals surface area contributed by atoms with E-state index in [0.29, 0.717) is 16.7 Å². The van der Waals surface area contributed by atoms with Gasteiger partial charge in [0.05, 0.1) is 0 Å². The van der Waals surface area contributed by atoms with Crippen LogP contribution in [0.15, 0.2) is 48.5 Å². The van der Waals surface area contributed by atoms with Gasteiger partial charge >= 0.3 is 0 Å². The molecule has 5 heteroatoms. The molecule has 0 atom stereocenters. The van der Waals surface area contributed by atoms with Gasteiger partial charge in [0.2, 0.25) is 0 Å². The van der Waals surface area contributed by atoms with Crippen molar-refractivity contribution in [3.63, 3.8) is 0 Å². The Balaban J connectivity index is 1.95. The number of H-pyrrole nitrogens is 1. The molecule has 0 aliphatic carbocycles. The lowest BCUT2D eigenvalue weighted by Crippen LogP contribution is -1.82. The van der Waals surface area contributed by atoms with Crippen molar-refractivity contribution in [3.8, 4) is 22.8 Å². The summed E-state index contributed by atoms with van der Waals surface area (Å²) in [4.78, 5) is 4.38. The molecule has 0 aliphatic heterocycles. The number of nitrogens with zero attached hydrogens (tertiary/aromatic N) is 2. The van der Waals surface area contributed by atoms with Gasteiger partial charge in [-0.1, -0.05) is 11.6 Å². The Labute approximate surface area is 114 Å². The molecular weight excluding hydrogens is 265 g/mol. The van der Waals surface area contributed by atoms with E-state index in [-0.39, 0.29) is 5.82 Å². The van der Waals surface area contributed by atoms with Crippen LogP contribution in [-0.4, -0.2) is 15.2 Å². The molecule has 94 valence electrons. The van der Waals surface area contributed by atoms with Gasteiger partial charge in [0.15, 0.2) is 11.6 Å². The number of nitrogens with one attached hydrogen (secondary N) is 1. The van der Waals surface area contributed by atoms with Crippen molar-refractivity contribution in [2.24, 2.45) is 0 Å². The lowest BCUT2D eigenvalue weighted by Gasteiger charge is -1.95. The molecular formula is C14H9ClFN3. The molecule has 0 spiro atoms. The molecule has 1 heterocycles. The molecule has 19 heavy (non-hydrogen) atoms. The minimum absolute atomic E-state index is 0.277. The molecule has 0 unspecified atom stereocenters. The zero-order chi connectivity index (χ0) is 13.2. The van der Waals surface area contributed by atoms with Gasteiger partial charge < -0.3 is 0 Å². The molecule has 0 bridgehead atoms. The normalized spacial score (nSPS) is 10.6. The fraction of sp³-hybridized carbons (Fsp3) is 0. The SMILES string of the molecule is Fc1ccc(-c2nc(-c3ccc(Cl)cc3)n[nH]2)cc1.